The minimum absolute atomic E-state index is 1.15. The fraction of sp³-hybridized carbons (Fsp3) is 0.0769. The molecule has 76 valence electrons. The molecule has 2 aromatic rings. The number of H-pyrrole nitrogens is 1. The Morgan fingerprint density at radius 2 is 2.00 bits per heavy atom. The molecular weight excluding hydrogens is 202 g/mol. The van der Waals surface area contributed by atoms with Gasteiger partial charge >= 0.3 is 0 Å². The summed E-state index contributed by atoms with van der Waals surface area (Å²) < 4.78 is 0. The Hall–Kier alpha value is -1.41. The minimum Gasteiger partial charge on any atom is -0.361 e. The summed E-state index contributed by atoms with van der Waals surface area (Å²) in [5.74, 6) is 1.15. The lowest BCUT2D eigenvalue weighted by Crippen LogP contribution is -1.67. The summed E-state index contributed by atoms with van der Waals surface area (Å²) in [5.41, 5.74) is 1.21. The average molecular weight is 215 g/mol. The van der Waals surface area contributed by atoms with E-state index < -0.39 is 0 Å². The number of para-hydroxylation sites is 1. The van der Waals surface area contributed by atoms with Crippen molar-refractivity contribution in [3.05, 3.63) is 60.2 Å². The number of benzene rings is 1. The zero-order chi connectivity index (χ0) is 10.3. The highest BCUT2D eigenvalue weighted by atomic mass is 32.2. The van der Waals surface area contributed by atoms with Gasteiger partial charge in [0.1, 0.15) is 0 Å². The number of hydrogen-bond donors (Lipinski definition) is 1. The van der Waals surface area contributed by atoms with Crippen LogP contribution in [0.5, 0.6) is 0 Å². The average Bonchev–Trinajstić information content (AvgIpc) is 2.80. The van der Waals surface area contributed by atoms with Crippen molar-refractivity contribution in [1.82, 2.24) is 4.98 Å². The van der Waals surface area contributed by atoms with Crippen LogP contribution in [0.3, 0.4) is 0 Å². The molecule has 0 atom stereocenters. The Morgan fingerprint density at radius 3 is 2.60 bits per heavy atom. The molecular formula is C13H13NS. The summed E-state index contributed by atoms with van der Waals surface area (Å²) in [4.78, 5) is 3.12. The molecule has 0 amide bonds. The highest BCUT2D eigenvalue weighted by molar-refractivity contribution is 8.02. The number of aromatic amines is 1. The molecule has 0 saturated carbocycles. The Balaban J connectivity index is 0.000000124. The Kier molecular flexibility index (Phi) is 3.69. The number of rotatable bonds is 0. The number of allylic oxidation sites excluding steroid dienone is 2. The molecule has 1 aromatic heterocycles. The van der Waals surface area contributed by atoms with Crippen LogP contribution >= 0.6 is 11.8 Å². The van der Waals surface area contributed by atoms with Crippen molar-refractivity contribution < 1.29 is 0 Å². The van der Waals surface area contributed by atoms with E-state index >= 15 is 0 Å². The van der Waals surface area contributed by atoms with Crippen LogP contribution in [0.2, 0.25) is 0 Å². The van der Waals surface area contributed by atoms with E-state index in [-0.39, 0.29) is 0 Å². The lowest BCUT2D eigenvalue weighted by Gasteiger charge is -1.88. The standard InChI is InChI=1S/C8H7N.C5H6S/c1-2-4-8-7(3-1)5-6-9-8;1-2-4-6-5-3-1/h1-6,9H;1-4H,5H2. The number of aromatic nitrogens is 1. The highest BCUT2D eigenvalue weighted by Crippen LogP contribution is 2.09. The van der Waals surface area contributed by atoms with Gasteiger partial charge < -0.3 is 4.98 Å². The molecule has 2 heterocycles. The summed E-state index contributed by atoms with van der Waals surface area (Å²) in [6.07, 6.45) is 8.21. The van der Waals surface area contributed by atoms with E-state index in [1.165, 1.54) is 10.9 Å². The van der Waals surface area contributed by atoms with Gasteiger partial charge in [-0.1, -0.05) is 36.4 Å². The maximum atomic E-state index is 3.12. The Bertz CT molecular complexity index is 426. The van der Waals surface area contributed by atoms with Gasteiger partial charge in [0.25, 0.3) is 0 Å². The molecule has 0 saturated heterocycles. The molecule has 1 aliphatic heterocycles. The summed E-state index contributed by atoms with van der Waals surface area (Å²) >= 11 is 1.83. The maximum absolute atomic E-state index is 3.12. The van der Waals surface area contributed by atoms with Crippen molar-refractivity contribution in [2.45, 2.75) is 0 Å². The van der Waals surface area contributed by atoms with Crippen LogP contribution in [-0.4, -0.2) is 10.7 Å². The molecule has 1 nitrogen and oxygen atoms in total. The van der Waals surface area contributed by atoms with Crippen molar-refractivity contribution in [2.75, 3.05) is 5.75 Å². The third-order valence-corrected chi connectivity index (χ3v) is 2.81. The summed E-state index contributed by atoms with van der Waals surface area (Å²) in [6.45, 7) is 0. The van der Waals surface area contributed by atoms with Crippen molar-refractivity contribution in [3.8, 4) is 0 Å². The Morgan fingerprint density at radius 1 is 1.07 bits per heavy atom. The molecule has 15 heavy (non-hydrogen) atoms. The number of nitrogens with one attached hydrogen (secondary N) is 1. The van der Waals surface area contributed by atoms with Gasteiger partial charge in [-0.25, -0.2) is 0 Å². The summed E-state index contributed by atoms with van der Waals surface area (Å²) in [6, 6.07) is 10.3. The first-order valence-corrected chi connectivity index (χ1v) is 5.97. The van der Waals surface area contributed by atoms with E-state index in [2.05, 4.69) is 40.7 Å². The molecule has 0 bridgehead atoms. The van der Waals surface area contributed by atoms with E-state index in [4.69, 9.17) is 0 Å². The van der Waals surface area contributed by atoms with Crippen LogP contribution in [-0.2, 0) is 0 Å². The maximum Gasteiger partial charge on any atom is 0.0453 e. The Labute approximate surface area is 93.9 Å². The zero-order valence-corrected chi connectivity index (χ0v) is 9.21. The largest absolute Gasteiger partial charge is 0.361 e. The predicted molar refractivity (Wildman–Crippen MR) is 69.0 cm³/mol. The van der Waals surface area contributed by atoms with E-state index in [9.17, 15) is 0 Å². The van der Waals surface area contributed by atoms with Crippen LogP contribution < -0.4 is 0 Å². The molecule has 1 aliphatic rings. The molecule has 0 radical (unpaired) electrons. The fourth-order valence-electron chi connectivity index (χ4n) is 1.34. The quantitative estimate of drug-likeness (QED) is 0.703. The molecule has 0 unspecified atom stereocenters. The third kappa shape index (κ3) is 3.03. The molecule has 3 rings (SSSR count). The van der Waals surface area contributed by atoms with E-state index in [1.807, 2.05) is 36.2 Å². The first kappa shape index (κ1) is 10.1. The van der Waals surface area contributed by atoms with Gasteiger partial charge in [-0.05, 0) is 22.9 Å². The smallest absolute Gasteiger partial charge is 0.0453 e. The van der Waals surface area contributed by atoms with Gasteiger partial charge in [0.15, 0.2) is 0 Å². The summed E-state index contributed by atoms with van der Waals surface area (Å²) in [7, 11) is 0. The van der Waals surface area contributed by atoms with Crippen molar-refractivity contribution in [1.29, 1.82) is 0 Å². The molecule has 0 fully saturated rings. The van der Waals surface area contributed by atoms with E-state index in [0.29, 0.717) is 0 Å². The highest BCUT2D eigenvalue weighted by Gasteiger charge is 1.86. The van der Waals surface area contributed by atoms with Gasteiger partial charge in [-0.2, -0.15) is 0 Å². The van der Waals surface area contributed by atoms with Crippen LogP contribution in [0.4, 0.5) is 0 Å². The number of thioether (sulfide) groups is 1. The second-order valence-corrected chi connectivity index (χ2v) is 4.09. The lowest BCUT2D eigenvalue weighted by molar-refractivity contribution is 1.48. The molecule has 2 heteroatoms. The van der Waals surface area contributed by atoms with Crippen molar-refractivity contribution in [3.63, 3.8) is 0 Å². The minimum atomic E-state index is 1.15. The van der Waals surface area contributed by atoms with Gasteiger partial charge in [0.05, 0.1) is 0 Å². The lowest BCUT2D eigenvalue weighted by atomic mass is 10.3. The number of fused-ring (bicyclic) bond motifs is 1. The predicted octanol–water partition coefficient (Wildman–Crippen LogP) is 3.97. The monoisotopic (exact) mass is 215 g/mol. The van der Waals surface area contributed by atoms with Crippen LogP contribution in [0.15, 0.2) is 60.2 Å². The SMILES string of the molecule is C1=CCSC=C1.c1ccc2[nH]ccc2c1. The first-order chi connectivity index (χ1) is 7.47. The normalized spacial score (nSPS) is 13.6. The third-order valence-electron chi connectivity index (χ3n) is 2.08. The second kappa shape index (κ2) is 5.47. The van der Waals surface area contributed by atoms with Crippen LogP contribution in [0.1, 0.15) is 0 Å². The van der Waals surface area contributed by atoms with Gasteiger partial charge in [-0.15, -0.1) is 11.8 Å². The van der Waals surface area contributed by atoms with Crippen LogP contribution in [0, 0.1) is 0 Å². The van der Waals surface area contributed by atoms with Gasteiger partial charge in [0, 0.05) is 17.5 Å². The van der Waals surface area contributed by atoms with Crippen molar-refractivity contribution in [2.24, 2.45) is 0 Å². The zero-order valence-electron chi connectivity index (χ0n) is 8.39. The van der Waals surface area contributed by atoms with E-state index in [0.717, 1.165) is 5.75 Å². The topological polar surface area (TPSA) is 15.8 Å². The summed E-state index contributed by atoms with van der Waals surface area (Å²) in [5, 5.41) is 3.37. The molecule has 0 spiro atoms. The van der Waals surface area contributed by atoms with Crippen molar-refractivity contribution >= 4 is 22.7 Å². The molecule has 1 N–H and O–H groups in total. The van der Waals surface area contributed by atoms with Crippen LogP contribution in [0.25, 0.3) is 10.9 Å². The molecule has 1 aromatic carbocycles. The van der Waals surface area contributed by atoms with Gasteiger partial charge in [0.2, 0.25) is 0 Å². The number of hydrogen-bond acceptors (Lipinski definition) is 1. The van der Waals surface area contributed by atoms with Gasteiger partial charge in [-0.3, -0.25) is 0 Å². The first-order valence-electron chi connectivity index (χ1n) is 4.92. The fourth-order valence-corrected chi connectivity index (χ4v) is 1.88. The van der Waals surface area contributed by atoms with E-state index in [1.54, 1.807) is 0 Å². The molecule has 0 aliphatic carbocycles. The second-order valence-electron chi connectivity index (χ2n) is 3.15.